The summed E-state index contributed by atoms with van der Waals surface area (Å²) in [5.74, 6) is -0.510. The predicted octanol–water partition coefficient (Wildman–Crippen LogP) is 4.54. The van der Waals surface area contributed by atoms with Crippen molar-refractivity contribution in [3.63, 3.8) is 0 Å². The van der Waals surface area contributed by atoms with E-state index < -0.39 is 5.97 Å². The molecule has 0 saturated carbocycles. The summed E-state index contributed by atoms with van der Waals surface area (Å²) in [7, 11) is 5.05. The van der Waals surface area contributed by atoms with E-state index in [0.717, 1.165) is 52.2 Å². The van der Waals surface area contributed by atoms with Crippen molar-refractivity contribution in [1.29, 1.82) is 5.41 Å². The highest BCUT2D eigenvalue weighted by Crippen LogP contribution is 2.40. The Morgan fingerprint density at radius 2 is 2.02 bits per heavy atom. The summed E-state index contributed by atoms with van der Waals surface area (Å²) >= 11 is 0. The van der Waals surface area contributed by atoms with Crippen LogP contribution in [-0.4, -0.2) is 70.6 Å². The van der Waals surface area contributed by atoms with Gasteiger partial charge in [0.2, 0.25) is 5.95 Å². The minimum atomic E-state index is -1.03. The molecule has 210 valence electrons. The fraction of sp³-hybridized carbons (Fsp3) is 0.267. The van der Waals surface area contributed by atoms with Crippen molar-refractivity contribution in [3.05, 3.63) is 71.0 Å². The molecule has 11 nitrogen and oxygen atoms in total. The standard InChI is InChI=1S/C30H31N7O4/c1-37-28(19-6-4-18(5-7-19)22(15-31)16-32-12-13-40-2)26-24(36-37)11-9-21-17-33-30(35-27(21)26)34-23-10-8-20(29(38)39)14-25(23)41-3/h4-8,10,14-17,22,31H,9,11-13H2,1-3H3,(H,38,39)(H,33,34,35). The van der Waals surface area contributed by atoms with Gasteiger partial charge in [-0.2, -0.15) is 5.10 Å². The Kier molecular flexibility index (Phi) is 8.16. The number of carboxylic acids is 1. The van der Waals surface area contributed by atoms with Crippen LogP contribution in [0.1, 0.15) is 33.1 Å². The van der Waals surface area contributed by atoms with E-state index in [0.29, 0.717) is 30.5 Å². The van der Waals surface area contributed by atoms with E-state index in [2.05, 4.69) is 15.3 Å². The molecule has 0 amide bonds. The van der Waals surface area contributed by atoms with E-state index in [9.17, 15) is 9.90 Å². The van der Waals surface area contributed by atoms with Crippen molar-refractivity contribution >= 4 is 30.0 Å². The number of nitrogens with one attached hydrogen (secondary N) is 2. The number of aromatic carboxylic acids is 1. The number of carbonyl (C=O) groups is 1. The van der Waals surface area contributed by atoms with Gasteiger partial charge in [0.1, 0.15) is 5.75 Å². The second kappa shape index (κ2) is 12.1. The van der Waals surface area contributed by atoms with E-state index in [1.54, 1.807) is 19.4 Å². The van der Waals surface area contributed by atoms with Crippen LogP contribution in [0.15, 0.2) is 53.7 Å². The quantitative estimate of drug-likeness (QED) is 0.181. The van der Waals surface area contributed by atoms with Crippen LogP contribution in [0.5, 0.6) is 5.75 Å². The summed E-state index contributed by atoms with van der Waals surface area (Å²) < 4.78 is 12.3. The summed E-state index contributed by atoms with van der Waals surface area (Å²) in [5.41, 5.74) is 7.34. The zero-order valence-electron chi connectivity index (χ0n) is 23.1. The van der Waals surface area contributed by atoms with Crippen LogP contribution in [0, 0.1) is 5.41 Å². The fourth-order valence-electron chi connectivity index (χ4n) is 4.92. The third-order valence-corrected chi connectivity index (χ3v) is 6.99. The second-order valence-electron chi connectivity index (χ2n) is 9.57. The monoisotopic (exact) mass is 553 g/mol. The predicted molar refractivity (Wildman–Crippen MR) is 157 cm³/mol. The lowest BCUT2D eigenvalue weighted by molar-refractivity contribution is 0.0696. The number of nitrogens with zero attached hydrogens (tertiary/aromatic N) is 5. The van der Waals surface area contributed by atoms with Crippen molar-refractivity contribution < 1.29 is 19.4 Å². The van der Waals surface area contributed by atoms with Gasteiger partial charge in [-0.15, -0.1) is 0 Å². The van der Waals surface area contributed by atoms with Crippen molar-refractivity contribution in [3.8, 4) is 28.3 Å². The molecule has 0 aliphatic heterocycles. The van der Waals surface area contributed by atoms with Gasteiger partial charge in [-0.25, -0.2) is 14.8 Å². The summed E-state index contributed by atoms with van der Waals surface area (Å²) in [6, 6.07) is 12.7. The largest absolute Gasteiger partial charge is 0.495 e. The van der Waals surface area contributed by atoms with Crippen LogP contribution in [-0.2, 0) is 24.6 Å². The summed E-state index contributed by atoms with van der Waals surface area (Å²) in [6.45, 7) is 1.09. The van der Waals surface area contributed by atoms with E-state index in [4.69, 9.17) is 25.0 Å². The zero-order chi connectivity index (χ0) is 28.9. The average Bonchev–Trinajstić information content (AvgIpc) is 3.33. The lowest BCUT2D eigenvalue weighted by atomic mass is 9.91. The van der Waals surface area contributed by atoms with Gasteiger partial charge < -0.3 is 25.3 Å². The lowest BCUT2D eigenvalue weighted by Crippen LogP contribution is -2.09. The molecule has 2 heterocycles. The molecule has 4 aromatic rings. The Morgan fingerprint density at radius 3 is 2.73 bits per heavy atom. The van der Waals surface area contributed by atoms with Crippen LogP contribution in [0.2, 0.25) is 0 Å². The van der Waals surface area contributed by atoms with Gasteiger partial charge in [0.05, 0.1) is 54.5 Å². The molecule has 0 spiro atoms. The highest BCUT2D eigenvalue weighted by molar-refractivity contribution is 5.90. The van der Waals surface area contributed by atoms with Crippen molar-refractivity contribution in [2.45, 2.75) is 18.8 Å². The minimum absolute atomic E-state index is 0.125. The Balaban J connectivity index is 1.48. The minimum Gasteiger partial charge on any atom is -0.495 e. The fourth-order valence-corrected chi connectivity index (χ4v) is 4.92. The van der Waals surface area contributed by atoms with Crippen molar-refractivity contribution in [2.75, 3.05) is 32.7 Å². The number of ether oxygens (including phenoxy) is 2. The van der Waals surface area contributed by atoms with Gasteiger partial charge in [-0.05, 0) is 42.2 Å². The SMILES string of the molecule is COCCN=CC(C=N)c1ccc(-c2c3c(nn2C)CCc2cnc(Nc4ccc(C(=O)O)cc4OC)nc2-3)cc1. The number of aromatic nitrogens is 4. The van der Waals surface area contributed by atoms with E-state index in [1.165, 1.54) is 25.5 Å². The maximum absolute atomic E-state index is 11.4. The van der Waals surface area contributed by atoms with E-state index in [-0.39, 0.29) is 11.5 Å². The van der Waals surface area contributed by atoms with Gasteiger partial charge in [-0.3, -0.25) is 9.67 Å². The molecule has 2 aromatic heterocycles. The van der Waals surface area contributed by atoms with Crippen LogP contribution in [0.4, 0.5) is 11.6 Å². The second-order valence-corrected chi connectivity index (χ2v) is 9.57. The molecule has 3 N–H and O–H groups in total. The lowest BCUT2D eigenvalue weighted by Gasteiger charge is -2.18. The number of rotatable bonds is 11. The number of hydrogen-bond donors (Lipinski definition) is 3. The third kappa shape index (κ3) is 5.71. The third-order valence-electron chi connectivity index (χ3n) is 6.99. The molecular weight excluding hydrogens is 522 g/mol. The number of aliphatic imine (C=N–C) groups is 1. The molecule has 1 unspecified atom stereocenters. The number of fused-ring (bicyclic) bond motifs is 3. The van der Waals surface area contributed by atoms with Gasteiger partial charge in [0.15, 0.2) is 0 Å². The first-order chi connectivity index (χ1) is 19.9. The number of hydrogen-bond acceptors (Lipinski definition) is 9. The number of methoxy groups -OCH3 is 2. The number of carboxylic acid groups (broad SMARTS) is 1. The zero-order valence-corrected chi connectivity index (χ0v) is 23.1. The van der Waals surface area contributed by atoms with Gasteiger partial charge in [0, 0.05) is 43.9 Å². The van der Waals surface area contributed by atoms with Crippen LogP contribution in [0.25, 0.3) is 22.5 Å². The highest BCUT2D eigenvalue weighted by Gasteiger charge is 2.27. The Bertz CT molecular complexity index is 1610. The molecule has 1 atom stereocenters. The first-order valence-corrected chi connectivity index (χ1v) is 13.1. The summed E-state index contributed by atoms with van der Waals surface area (Å²) in [6.07, 6.45) is 6.53. The average molecular weight is 554 g/mol. The molecule has 2 aromatic carbocycles. The highest BCUT2D eigenvalue weighted by atomic mass is 16.5. The van der Waals surface area contributed by atoms with E-state index in [1.807, 2.05) is 42.2 Å². The van der Waals surface area contributed by atoms with Gasteiger partial charge >= 0.3 is 5.97 Å². The molecule has 11 heteroatoms. The first kappa shape index (κ1) is 27.7. The van der Waals surface area contributed by atoms with Gasteiger partial charge in [0.25, 0.3) is 0 Å². The smallest absolute Gasteiger partial charge is 0.335 e. The normalized spacial score (nSPS) is 13.0. The molecule has 41 heavy (non-hydrogen) atoms. The van der Waals surface area contributed by atoms with Crippen LogP contribution in [0.3, 0.4) is 0 Å². The number of aryl methyl sites for hydroxylation is 3. The Morgan fingerprint density at radius 1 is 1.22 bits per heavy atom. The van der Waals surface area contributed by atoms with Crippen molar-refractivity contribution in [2.24, 2.45) is 12.0 Å². The molecule has 0 bridgehead atoms. The number of benzene rings is 2. The molecule has 1 aliphatic carbocycles. The van der Waals surface area contributed by atoms with E-state index >= 15 is 0 Å². The topological polar surface area (TPSA) is 148 Å². The molecule has 0 radical (unpaired) electrons. The Hall–Kier alpha value is -4.90. The first-order valence-electron chi connectivity index (χ1n) is 13.1. The summed E-state index contributed by atoms with van der Waals surface area (Å²) in [4.78, 5) is 25.1. The van der Waals surface area contributed by atoms with Gasteiger partial charge in [-0.1, -0.05) is 24.3 Å². The molecule has 0 fully saturated rings. The maximum atomic E-state index is 11.4. The molecule has 5 rings (SSSR count). The Labute approximate surface area is 237 Å². The van der Waals surface area contributed by atoms with Crippen molar-refractivity contribution in [1.82, 2.24) is 19.7 Å². The maximum Gasteiger partial charge on any atom is 0.335 e. The summed E-state index contributed by atoms with van der Waals surface area (Å²) in [5, 5.41) is 25.2. The van der Waals surface area contributed by atoms with Crippen LogP contribution >= 0.6 is 0 Å². The van der Waals surface area contributed by atoms with Crippen LogP contribution < -0.4 is 10.1 Å². The molecule has 0 saturated heterocycles. The molecular formula is C30H31N7O4. The number of anilines is 2. The molecule has 1 aliphatic rings.